The molecule has 0 saturated carbocycles. The molecule has 1 heterocycles. The number of hydrogen-bond donors (Lipinski definition) is 2. The molecule has 2 rings (SSSR count). The van der Waals surface area contributed by atoms with Crippen LogP contribution in [0.25, 0.3) is 0 Å². The third kappa shape index (κ3) is 3.78. The van der Waals surface area contributed by atoms with Gasteiger partial charge in [0.25, 0.3) is 11.5 Å². The van der Waals surface area contributed by atoms with Crippen LogP contribution in [0.1, 0.15) is 10.5 Å². The van der Waals surface area contributed by atoms with E-state index in [0.29, 0.717) is 0 Å². The van der Waals surface area contributed by atoms with Crippen molar-refractivity contribution in [2.45, 2.75) is 6.61 Å². The van der Waals surface area contributed by atoms with Gasteiger partial charge in [0, 0.05) is 17.8 Å². The Labute approximate surface area is 122 Å². The Morgan fingerprint density at radius 1 is 1.27 bits per heavy atom. The number of halogens is 2. The number of ether oxygens (including phenoxy) is 2. The molecule has 0 fully saturated rings. The molecule has 2 N–H and O–H groups in total. The second kappa shape index (κ2) is 6.66. The van der Waals surface area contributed by atoms with Gasteiger partial charge in [0.2, 0.25) is 0 Å². The molecule has 0 unspecified atom stereocenters. The second-order valence-corrected chi connectivity index (χ2v) is 4.00. The maximum absolute atomic E-state index is 12.3. The Bertz CT molecular complexity index is 713. The molecule has 0 aliphatic carbocycles. The van der Waals surface area contributed by atoms with E-state index in [9.17, 15) is 18.4 Å². The molecule has 7 nitrogen and oxygen atoms in total. The third-order valence-corrected chi connectivity index (χ3v) is 2.55. The van der Waals surface area contributed by atoms with E-state index in [2.05, 4.69) is 20.3 Å². The van der Waals surface area contributed by atoms with E-state index in [4.69, 9.17) is 4.74 Å². The van der Waals surface area contributed by atoms with Gasteiger partial charge < -0.3 is 14.8 Å². The summed E-state index contributed by atoms with van der Waals surface area (Å²) in [5.74, 6) is -0.741. The smallest absolute Gasteiger partial charge is 0.387 e. The minimum Gasteiger partial charge on any atom is -0.493 e. The Hall–Kier alpha value is -2.97. The molecule has 0 saturated heterocycles. The molecule has 0 aliphatic heterocycles. The van der Waals surface area contributed by atoms with Crippen molar-refractivity contribution >= 4 is 11.6 Å². The summed E-state index contributed by atoms with van der Waals surface area (Å²) in [5, 5.41) is 8.10. The summed E-state index contributed by atoms with van der Waals surface area (Å²) < 4.78 is 33.8. The highest BCUT2D eigenvalue weighted by atomic mass is 19.3. The quantitative estimate of drug-likeness (QED) is 0.875. The largest absolute Gasteiger partial charge is 0.493 e. The fourth-order valence-electron chi connectivity index (χ4n) is 1.61. The van der Waals surface area contributed by atoms with Gasteiger partial charge in [0.05, 0.1) is 7.11 Å². The van der Waals surface area contributed by atoms with E-state index in [1.54, 1.807) is 0 Å². The molecule has 1 aromatic heterocycles. The van der Waals surface area contributed by atoms with Crippen LogP contribution in [0.15, 0.2) is 35.1 Å². The summed E-state index contributed by atoms with van der Waals surface area (Å²) in [6, 6.07) is 6.37. The summed E-state index contributed by atoms with van der Waals surface area (Å²) in [5.41, 5.74) is -0.283. The van der Waals surface area contributed by atoms with Crippen LogP contribution >= 0.6 is 0 Å². The molecule has 0 bridgehead atoms. The van der Waals surface area contributed by atoms with Gasteiger partial charge in [-0.05, 0) is 18.2 Å². The van der Waals surface area contributed by atoms with Gasteiger partial charge in [0.15, 0.2) is 11.5 Å². The van der Waals surface area contributed by atoms with Gasteiger partial charge in [-0.15, -0.1) is 0 Å². The van der Waals surface area contributed by atoms with Crippen LogP contribution in [0.5, 0.6) is 11.5 Å². The lowest BCUT2D eigenvalue weighted by molar-refractivity contribution is -0.0511. The number of nitrogens with zero attached hydrogens (tertiary/aromatic N) is 1. The number of aromatic amines is 1. The number of alkyl halides is 2. The molecule has 22 heavy (non-hydrogen) atoms. The topological polar surface area (TPSA) is 93.3 Å². The van der Waals surface area contributed by atoms with Gasteiger partial charge in [-0.1, -0.05) is 0 Å². The number of methoxy groups -OCH3 is 1. The zero-order valence-electron chi connectivity index (χ0n) is 11.3. The number of rotatable bonds is 5. The zero-order chi connectivity index (χ0) is 16.1. The number of amides is 1. The number of carbonyl (C=O) groups is 1. The number of benzene rings is 1. The molecule has 0 atom stereocenters. The van der Waals surface area contributed by atoms with Crippen molar-refractivity contribution in [3.05, 3.63) is 46.4 Å². The second-order valence-electron chi connectivity index (χ2n) is 4.00. The van der Waals surface area contributed by atoms with E-state index in [-0.39, 0.29) is 22.9 Å². The average molecular weight is 311 g/mol. The standard InChI is InChI=1S/C13H11F2N3O4/c1-21-9-4-2-7(6-10(9)22-13(14)15)16-12(20)8-3-5-11(19)18-17-8/h2-6,13H,1H3,(H,16,20)(H,18,19). The number of H-pyrrole nitrogens is 1. The first-order valence-corrected chi connectivity index (χ1v) is 5.99. The van der Waals surface area contributed by atoms with E-state index < -0.39 is 18.1 Å². The van der Waals surface area contributed by atoms with Crippen molar-refractivity contribution in [1.29, 1.82) is 0 Å². The molecule has 0 aliphatic rings. The lowest BCUT2D eigenvalue weighted by atomic mass is 10.2. The number of carbonyl (C=O) groups excluding carboxylic acids is 1. The summed E-state index contributed by atoms with van der Waals surface area (Å²) in [6.45, 7) is -3.03. The Kier molecular flexibility index (Phi) is 4.66. The van der Waals surface area contributed by atoms with Crippen molar-refractivity contribution in [1.82, 2.24) is 10.2 Å². The number of nitrogens with one attached hydrogen (secondary N) is 2. The molecule has 9 heteroatoms. The molecular weight excluding hydrogens is 300 g/mol. The minimum absolute atomic E-state index is 0.0354. The molecule has 0 radical (unpaired) electrons. The first-order valence-electron chi connectivity index (χ1n) is 5.99. The van der Waals surface area contributed by atoms with Gasteiger partial charge in [-0.2, -0.15) is 13.9 Å². The fraction of sp³-hybridized carbons (Fsp3) is 0.154. The number of anilines is 1. The SMILES string of the molecule is COc1ccc(NC(=O)c2ccc(=O)[nH]n2)cc1OC(F)F. The number of hydrogen-bond acceptors (Lipinski definition) is 5. The predicted molar refractivity (Wildman–Crippen MR) is 72.4 cm³/mol. The Morgan fingerprint density at radius 3 is 2.64 bits per heavy atom. The van der Waals surface area contributed by atoms with Crippen LogP contribution in [0.4, 0.5) is 14.5 Å². The Morgan fingerprint density at radius 2 is 2.05 bits per heavy atom. The predicted octanol–water partition coefficient (Wildman–Crippen LogP) is 1.63. The van der Waals surface area contributed by atoms with Gasteiger partial charge in [-0.25, -0.2) is 5.10 Å². The lowest BCUT2D eigenvalue weighted by Gasteiger charge is -2.12. The third-order valence-electron chi connectivity index (χ3n) is 2.55. The first-order chi connectivity index (χ1) is 10.5. The summed E-state index contributed by atoms with van der Waals surface area (Å²) >= 11 is 0. The van der Waals surface area contributed by atoms with Crippen LogP contribution in [-0.4, -0.2) is 29.8 Å². The van der Waals surface area contributed by atoms with Crippen LogP contribution in [0.3, 0.4) is 0 Å². The molecule has 1 aromatic carbocycles. The van der Waals surface area contributed by atoms with E-state index in [1.807, 2.05) is 0 Å². The molecule has 2 aromatic rings. The highest BCUT2D eigenvalue weighted by Gasteiger charge is 2.13. The maximum Gasteiger partial charge on any atom is 0.387 e. The van der Waals surface area contributed by atoms with Crippen molar-refractivity contribution in [2.24, 2.45) is 0 Å². The van der Waals surface area contributed by atoms with Crippen molar-refractivity contribution in [2.75, 3.05) is 12.4 Å². The van der Waals surface area contributed by atoms with Crippen LogP contribution in [0, 0.1) is 0 Å². The normalized spacial score (nSPS) is 10.4. The average Bonchev–Trinajstić information content (AvgIpc) is 2.47. The number of aromatic nitrogens is 2. The van der Waals surface area contributed by atoms with Crippen LogP contribution < -0.4 is 20.3 Å². The van der Waals surface area contributed by atoms with E-state index in [1.165, 1.54) is 31.4 Å². The first kappa shape index (κ1) is 15.4. The maximum atomic E-state index is 12.3. The van der Waals surface area contributed by atoms with Crippen LogP contribution in [0.2, 0.25) is 0 Å². The zero-order valence-corrected chi connectivity index (χ0v) is 11.3. The van der Waals surface area contributed by atoms with E-state index >= 15 is 0 Å². The van der Waals surface area contributed by atoms with Gasteiger partial charge >= 0.3 is 6.61 Å². The molecule has 0 spiro atoms. The summed E-state index contributed by atoms with van der Waals surface area (Å²) in [6.07, 6.45) is 0. The Balaban J connectivity index is 2.20. The van der Waals surface area contributed by atoms with Crippen molar-refractivity contribution in [3.8, 4) is 11.5 Å². The summed E-state index contributed by atoms with van der Waals surface area (Å²) in [4.78, 5) is 22.8. The minimum atomic E-state index is -3.03. The lowest BCUT2D eigenvalue weighted by Crippen LogP contribution is -2.17. The highest BCUT2D eigenvalue weighted by molar-refractivity contribution is 6.02. The van der Waals surface area contributed by atoms with Gasteiger partial charge in [0.1, 0.15) is 5.69 Å². The monoisotopic (exact) mass is 311 g/mol. The van der Waals surface area contributed by atoms with Crippen LogP contribution in [-0.2, 0) is 0 Å². The fourth-order valence-corrected chi connectivity index (χ4v) is 1.61. The highest BCUT2D eigenvalue weighted by Crippen LogP contribution is 2.31. The van der Waals surface area contributed by atoms with Crippen molar-refractivity contribution < 1.29 is 23.0 Å². The van der Waals surface area contributed by atoms with E-state index in [0.717, 1.165) is 6.07 Å². The molecular formula is C13H11F2N3O4. The summed E-state index contributed by atoms with van der Waals surface area (Å²) in [7, 11) is 1.30. The molecule has 1 amide bonds. The molecule has 116 valence electrons. The van der Waals surface area contributed by atoms with Crippen molar-refractivity contribution in [3.63, 3.8) is 0 Å². The van der Waals surface area contributed by atoms with Gasteiger partial charge in [-0.3, -0.25) is 9.59 Å².